The van der Waals surface area contributed by atoms with E-state index in [2.05, 4.69) is 4.98 Å². The van der Waals surface area contributed by atoms with E-state index in [-0.39, 0.29) is 5.78 Å². The SMILES string of the molecule is Cc1cc(C(N)C(=O)c2ccc3c(c2)OCCO3)ccn1. The molecule has 0 saturated heterocycles. The third kappa shape index (κ3) is 2.73. The van der Waals surface area contributed by atoms with Gasteiger partial charge in [-0.2, -0.15) is 0 Å². The lowest BCUT2D eigenvalue weighted by Gasteiger charge is -2.19. The number of ketones is 1. The average molecular weight is 284 g/mol. The molecule has 5 heteroatoms. The van der Waals surface area contributed by atoms with Crippen LogP contribution in [0.15, 0.2) is 36.5 Å². The standard InChI is InChI=1S/C16H16N2O3/c1-10-8-11(4-5-18-10)15(17)16(19)12-2-3-13-14(9-12)21-7-6-20-13/h2-5,8-9,15H,6-7,17H2,1H3. The maximum atomic E-state index is 12.5. The summed E-state index contributed by atoms with van der Waals surface area (Å²) in [7, 11) is 0. The number of pyridine rings is 1. The van der Waals surface area contributed by atoms with Crippen molar-refractivity contribution in [2.75, 3.05) is 13.2 Å². The number of hydrogen-bond acceptors (Lipinski definition) is 5. The van der Waals surface area contributed by atoms with Crippen molar-refractivity contribution < 1.29 is 14.3 Å². The maximum absolute atomic E-state index is 12.5. The minimum atomic E-state index is -0.714. The van der Waals surface area contributed by atoms with Gasteiger partial charge in [-0.05, 0) is 42.8 Å². The number of carbonyl (C=O) groups excluding carboxylic acids is 1. The molecular weight excluding hydrogens is 268 g/mol. The Labute approximate surface area is 122 Å². The average Bonchev–Trinajstić information content (AvgIpc) is 2.53. The zero-order valence-electron chi connectivity index (χ0n) is 11.7. The maximum Gasteiger partial charge on any atom is 0.184 e. The molecule has 2 N–H and O–H groups in total. The van der Waals surface area contributed by atoms with E-state index in [0.717, 1.165) is 11.3 Å². The van der Waals surface area contributed by atoms with Crippen molar-refractivity contribution in [3.05, 3.63) is 53.3 Å². The molecule has 0 radical (unpaired) electrons. The van der Waals surface area contributed by atoms with Crippen LogP contribution in [-0.2, 0) is 0 Å². The van der Waals surface area contributed by atoms with Crippen LogP contribution < -0.4 is 15.2 Å². The van der Waals surface area contributed by atoms with E-state index >= 15 is 0 Å². The number of aryl methyl sites for hydroxylation is 1. The summed E-state index contributed by atoms with van der Waals surface area (Å²) < 4.78 is 10.9. The molecule has 0 spiro atoms. The summed E-state index contributed by atoms with van der Waals surface area (Å²) in [6, 6.07) is 8.00. The van der Waals surface area contributed by atoms with Crippen LogP contribution in [0, 0.1) is 6.92 Å². The fourth-order valence-corrected chi connectivity index (χ4v) is 2.29. The fourth-order valence-electron chi connectivity index (χ4n) is 2.29. The highest BCUT2D eigenvalue weighted by atomic mass is 16.6. The number of carbonyl (C=O) groups is 1. The van der Waals surface area contributed by atoms with E-state index < -0.39 is 6.04 Å². The first-order chi connectivity index (χ1) is 10.1. The summed E-state index contributed by atoms with van der Waals surface area (Å²) in [6.07, 6.45) is 1.65. The highest BCUT2D eigenvalue weighted by Crippen LogP contribution is 2.31. The smallest absolute Gasteiger partial charge is 0.184 e. The van der Waals surface area contributed by atoms with Crippen molar-refractivity contribution >= 4 is 5.78 Å². The van der Waals surface area contributed by atoms with Crippen molar-refractivity contribution in [3.63, 3.8) is 0 Å². The van der Waals surface area contributed by atoms with E-state index in [9.17, 15) is 4.79 Å². The molecule has 3 rings (SSSR count). The summed E-state index contributed by atoms with van der Waals surface area (Å²) in [5.74, 6) is 1.09. The molecule has 0 saturated carbocycles. The van der Waals surface area contributed by atoms with Crippen LogP contribution in [-0.4, -0.2) is 24.0 Å². The molecule has 21 heavy (non-hydrogen) atoms. The number of fused-ring (bicyclic) bond motifs is 1. The van der Waals surface area contributed by atoms with Crippen molar-refractivity contribution in [2.24, 2.45) is 5.73 Å². The van der Waals surface area contributed by atoms with Crippen molar-refractivity contribution in [2.45, 2.75) is 13.0 Å². The third-order valence-corrected chi connectivity index (χ3v) is 3.39. The van der Waals surface area contributed by atoms with Gasteiger partial charge in [0.05, 0.1) is 6.04 Å². The zero-order chi connectivity index (χ0) is 14.8. The lowest BCUT2D eigenvalue weighted by molar-refractivity contribution is 0.0960. The summed E-state index contributed by atoms with van der Waals surface area (Å²) in [5, 5.41) is 0. The van der Waals surface area contributed by atoms with E-state index in [1.54, 1.807) is 30.5 Å². The Morgan fingerprint density at radius 3 is 2.71 bits per heavy atom. The van der Waals surface area contributed by atoms with Gasteiger partial charge in [0.2, 0.25) is 0 Å². The van der Waals surface area contributed by atoms with Crippen LogP contribution in [0.2, 0.25) is 0 Å². The van der Waals surface area contributed by atoms with Crippen LogP contribution in [0.3, 0.4) is 0 Å². The quantitative estimate of drug-likeness (QED) is 0.873. The van der Waals surface area contributed by atoms with Crippen LogP contribution in [0.5, 0.6) is 11.5 Å². The van der Waals surface area contributed by atoms with Gasteiger partial charge in [-0.1, -0.05) is 0 Å². The number of ether oxygens (including phenoxy) is 2. The second-order valence-corrected chi connectivity index (χ2v) is 4.93. The lowest BCUT2D eigenvalue weighted by atomic mass is 9.98. The number of Topliss-reactive ketones (excluding diaryl/α,β-unsaturated/α-hetero) is 1. The predicted molar refractivity (Wildman–Crippen MR) is 77.7 cm³/mol. The molecule has 2 heterocycles. The first-order valence-corrected chi connectivity index (χ1v) is 6.77. The Morgan fingerprint density at radius 1 is 1.19 bits per heavy atom. The Hall–Kier alpha value is -2.40. The molecule has 2 aromatic rings. The number of aromatic nitrogens is 1. The van der Waals surface area contributed by atoms with Gasteiger partial charge in [-0.25, -0.2) is 0 Å². The van der Waals surface area contributed by atoms with E-state index in [1.165, 1.54) is 0 Å². The number of nitrogens with two attached hydrogens (primary N) is 1. The Bertz CT molecular complexity index is 685. The molecule has 0 aliphatic carbocycles. The first kappa shape index (κ1) is 13.6. The number of rotatable bonds is 3. The van der Waals surface area contributed by atoms with Crippen molar-refractivity contribution in [3.8, 4) is 11.5 Å². The summed E-state index contributed by atoms with van der Waals surface area (Å²) in [5.41, 5.74) is 8.16. The molecule has 0 amide bonds. The summed E-state index contributed by atoms with van der Waals surface area (Å²) in [6.45, 7) is 2.88. The van der Waals surface area contributed by atoms with Gasteiger partial charge >= 0.3 is 0 Å². The predicted octanol–water partition coefficient (Wildman–Crippen LogP) is 2.04. The molecule has 108 valence electrons. The van der Waals surface area contributed by atoms with Gasteiger partial charge < -0.3 is 15.2 Å². The number of benzene rings is 1. The van der Waals surface area contributed by atoms with Crippen molar-refractivity contribution in [1.82, 2.24) is 4.98 Å². The molecule has 0 fully saturated rings. The first-order valence-electron chi connectivity index (χ1n) is 6.77. The Morgan fingerprint density at radius 2 is 1.95 bits per heavy atom. The fraction of sp³-hybridized carbons (Fsp3) is 0.250. The molecule has 1 aromatic heterocycles. The molecule has 0 bridgehead atoms. The van der Waals surface area contributed by atoms with Gasteiger partial charge in [-0.3, -0.25) is 9.78 Å². The van der Waals surface area contributed by atoms with Gasteiger partial charge in [0.15, 0.2) is 17.3 Å². The van der Waals surface area contributed by atoms with Crippen LogP contribution >= 0.6 is 0 Å². The van der Waals surface area contributed by atoms with Crippen LogP contribution in [0.25, 0.3) is 0 Å². The van der Waals surface area contributed by atoms with Gasteiger partial charge in [0.25, 0.3) is 0 Å². The van der Waals surface area contributed by atoms with Gasteiger partial charge in [-0.15, -0.1) is 0 Å². The van der Waals surface area contributed by atoms with Gasteiger partial charge in [0.1, 0.15) is 13.2 Å². The van der Waals surface area contributed by atoms with Crippen molar-refractivity contribution in [1.29, 1.82) is 0 Å². The lowest BCUT2D eigenvalue weighted by Crippen LogP contribution is -2.22. The molecule has 5 nitrogen and oxygen atoms in total. The second-order valence-electron chi connectivity index (χ2n) is 4.93. The highest BCUT2D eigenvalue weighted by Gasteiger charge is 2.21. The molecule has 1 aliphatic rings. The van der Waals surface area contributed by atoms with E-state index in [0.29, 0.717) is 30.3 Å². The Balaban J connectivity index is 1.88. The minimum Gasteiger partial charge on any atom is -0.486 e. The zero-order valence-corrected chi connectivity index (χ0v) is 11.7. The molecule has 1 atom stereocenters. The largest absolute Gasteiger partial charge is 0.486 e. The number of hydrogen-bond donors (Lipinski definition) is 1. The van der Waals surface area contributed by atoms with E-state index in [1.807, 2.05) is 13.0 Å². The second kappa shape index (κ2) is 5.54. The monoisotopic (exact) mass is 284 g/mol. The summed E-state index contributed by atoms with van der Waals surface area (Å²) >= 11 is 0. The third-order valence-electron chi connectivity index (χ3n) is 3.39. The normalized spacial score (nSPS) is 14.6. The molecule has 1 unspecified atom stereocenters. The molecular formula is C16H16N2O3. The summed E-state index contributed by atoms with van der Waals surface area (Å²) in [4.78, 5) is 16.6. The Kier molecular flexibility index (Phi) is 3.58. The minimum absolute atomic E-state index is 0.155. The van der Waals surface area contributed by atoms with Gasteiger partial charge in [0, 0.05) is 17.5 Å². The topological polar surface area (TPSA) is 74.4 Å². The molecule has 1 aliphatic heterocycles. The van der Waals surface area contributed by atoms with Crippen LogP contribution in [0.4, 0.5) is 0 Å². The molecule has 1 aromatic carbocycles. The number of nitrogens with zero attached hydrogens (tertiary/aromatic N) is 1. The van der Waals surface area contributed by atoms with Crippen LogP contribution in [0.1, 0.15) is 27.7 Å². The highest BCUT2D eigenvalue weighted by molar-refractivity contribution is 6.01. The van der Waals surface area contributed by atoms with E-state index in [4.69, 9.17) is 15.2 Å².